The zero-order valence-electron chi connectivity index (χ0n) is 10.4. The lowest BCUT2D eigenvalue weighted by atomic mass is 9.98. The number of esters is 1. The largest absolute Gasteiger partial charge is 0.462 e. The van der Waals surface area contributed by atoms with E-state index in [2.05, 4.69) is 4.74 Å². The Balaban J connectivity index is 3.65. The summed E-state index contributed by atoms with van der Waals surface area (Å²) in [7, 11) is 0. The molecule has 0 saturated carbocycles. The molecule has 0 aliphatic rings. The van der Waals surface area contributed by atoms with Gasteiger partial charge in [-0.05, 0) is 19.1 Å². The zero-order valence-corrected chi connectivity index (χ0v) is 10.4. The number of carbonyl (C=O) groups is 2. The van der Waals surface area contributed by atoms with Gasteiger partial charge in [0.15, 0.2) is 6.29 Å². The summed E-state index contributed by atoms with van der Waals surface area (Å²) >= 11 is 0. The van der Waals surface area contributed by atoms with Crippen molar-refractivity contribution in [2.24, 2.45) is 0 Å². The molecule has 0 unspecified atom stereocenters. The van der Waals surface area contributed by atoms with Crippen LogP contribution < -0.4 is 0 Å². The van der Waals surface area contributed by atoms with E-state index in [0.717, 1.165) is 0 Å². The summed E-state index contributed by atoms with van der Waals surface area (Å²) in [6, 6.07) is -0.0351. The Bertz CT molecular complexity index is 559. The Morgan fingerprint density at radius 3 is 2.00 bits per heavy atom. The van der Waals surface area contributed by atoms with Crippen LogP contribution >= 0.6 is 0 Å². The van der Waals surface area contributed by atoms with Gasteiger partial charge in [-0.2, -0.15) is 26.3 Å². The SMILES string of the molecule is CCOC(=O)c1cc(C=O)c(C(F)(F)F)cc1C(F)(F)F. The third kappa shape index (κ3) is 3.73. The van der Waals surface area contributed by atoms with Gasteiger partial charge in [0.25, 0.3) is 0 Å². The second kappa shape index (κ2) is 5.74. The monoisotopic (exact) mass is 314 g/mol. The van der Waals surface area contributed by atoms with Crippen LogP contribution in [0, 0.1) is 0 Å². The Morgan fingerprint density at radius 1 is 1.10 bits per heavy atom. The fourth-order valence-corrected chi connectivity index (χ4v) is 1.57. The highest BCUT2D eigenvalue weighted by Crippen LogP contribution is 2.39. The van der Waals surface area contributed by atoms with E-state index in [1.54, 1.807) is 0 Å². The third-order valence-electron chi connectivity index (χ3n) is 2.42. The molecule has 0 aliphatic heterocycles. The van der Waals surface area contributed by atoms with E-state index < -0.39 is 40.6 Å². The maximum Gasteiger partial charge on any atom is 0.417 e. The highest BCUT2D eigenvalue weighted by Gasteiger charge is 2.41. The lowest BCUT2D eigenvalue weighted by Gasteiger charge is -2.16. The average molecular weight is 314 g/mol. The van der Waals surface area contributed by atoms with Crippen molar-refractivity contribution in [3.8, 4) is 0 Å². The summed E-state index contributed by atoms with van der Waals surface area (Å²) in [5.74, 6) is -1.46. The molecule has 0 fully saturated rings. The van der Waals surface area contributed by atoms with Crippen LogP contribution in [0.3, 0.4) is 0 Å². The van der Waals surface area contributed by atoms with Gasteiger partial charge < -0.3 is 4.74 Å². The van der Waals surface area contributed by atoms with Crippen LogP contribution in [0.1, 0.15) is 38.8 Å². The molecule has 0 heterocycles. The topological polar surface area (TPSA) is 43.4 Å². The first-order valence-electron chi connectivity index (χ1n) is 5.47. The van der Waals surface area contributed by atoms with Crippen molar-refractivity contribution in [1.29, 1.82) is 0 Å². The van der Waals surface area contributed by atoms with E-state index in [-0.39, 0.29) is 25.0 Å². The summed E-state index contributed by atoms with van der Waals surface area (Å²) in [4.78, 5) is 22.1. The van der Waals surface area contributed by atoms with Gasteiger partial charge in [-0.1, -0.05) is 0 Å². The van der Waals surface area contributed by atoms with Gasteiger partial charge >= 0.3 is 18.3 Å². The highest BCUT2D eigenvalue weighted by atomic mass is 19.4. The molecule has 0 amide bonds. The van der Waals surface area contributed by atoms with Crippen molar-refractivity contribution in [3.05, 3.63) is 34.4 Å². The Hall–Kier alpha value is -2.06. The predicted octanol–water partition coefficient (Wildman–Crippen LogP) is 3.71. The molecule has 1 aromatic carbocycles. The number of hydrogen-bond donors (Lipinski definition) is 0. The number of hydrogen-bond acceptors (Lipinski definition) is 3. The summed E-state index contributed by atoms with van der Waals surface area (Å²) in [5, 5.41) is 0. The molecule has 0 bridgehead atoms. The molecule has 0 N–H and O–H groups in total. The van der Waals surface area contributed by atoms with Crippen molar-refractivity contribution in [3.63, 3.8) is 0 Å². The minimum Gasteiger partial charge on any atom is -0.462 e. The molecule has 0 saturated heterocycles. The highest BCUT2D eigenvalue weighted by molar-refractivity contribution is 5.94. The van der Waals surface area contributed by atoms with E-state index in [1.807, 2.05) is 0 Å². The van der Waals surface area contributed by atoms with Gasteiger partial charge in [-0.3, -0.25) is 4.79 Å². The first-order chi connectivity index (χ1) is 9.52. The third-order valence-corrected chi connectivity index (χ3v) is 2.42. The predicted molar refractivity (Wildman–Crippen MR) is 57.8 cm³/mol. The van der Waals surface area contributed by atoms with Crippen LogP contribution in [0.25, 0.3) is 0 Å². The zero-order chi connectivity index (χ0) is 16.4. The van der Waals surface area contributed by atoms with Gasteiger partial charge in [-0.25, -0.2) is 4.79 Å². The first-order valence-corrected chi connectivity index (χ1v) is 5.47. The number of rotatable bonds is 3. The Morgan fingerprint density at radius 2 is 1.62 bits per heavy atom. The van der Waals surface area contributed by atoms with E-state index in [9.17, 15) is 35.9 Å². The maximum atomic E-state index is 12.8. The number of aldehydes is 1. The minimum absolute atomic E-state index is 0.233. The van der Waals surface area contributed by atoms with E-state index in [0.29, 0.717) is 0 Å². The second-order valence-corrected chi connectivity index (χ2v) is 3.82. The van der Waals surface area contributed by atoms with Crippen molar-refractivity contribution in [2.45, 2.75) is 19.3 Å². The molecule has 0 spiro atoms. The van der Waals surface area contributed by atoms with Gasteiger partial charge in [0, 0.05) is 5.56 Å². The van der Waals surface area contributed by atoms with Crippen LogP contribution in [0.5, 0.6) is 0 Å². The molecular formula is C12H8F6O3. The van der Waals surface area contributed by atoms with E-state index >= 15 is 0 Å². The molecule has 0 radical (unpaired) electrons. The molecule has 0 atom stereocenters. The van der Waals surface area contributed by atoms with Crippen LogP contribution in [0.4, 0.5) is 26.3 Å². The van der Waals surface area contributed by atoms with Crippen molar-refractivity contribution in [2.75, 3.05) is 6.61 Å². The quantitative estimate of drug-likeness (QED) is 0.485. The fraction of sp³-hybridized carbons (Fsp3) is 0.333. The van der Waals surface area contributed by atoms with Crippen LogP contribution in [0.2, 0.25) is 0 Å². The lowest BCUT2D eigenvalue weighted by Crippen LogP contribution is -2.19. The van der Waals surface area contributed by atoms with Gasteiger partial charge in [0.05, 0.1) is 23.3 Å². The van der Waals surface area contributed by atoms with Crippen molar-refractivity contribution >= 4 is 12.3 Å². The molecular weight excluding hydrogens is 306 g/mol. The first kappa shape index (κ1) is 17.0. The van der Waals surface area contributed by atoms with Crippen LogP contribution in [-0.4, -0.2) is 18.9 Å². The van der Waals surface area contributed by atoms with Gasteiger partial charge in [0.2, 0.25) is 0 Å². The number of halogens is 6. The average Bonchev–Trinajstić information content (AvgIpc) is 2.35. The van der Waals surface area contributed by atoms with Crippen LogP contribution in [-0.2, 0) is 17.1 Å². The van der Waals surface area contributed by atoms with Crippen molar-refractivity contribution < 1.29 is 40.7 Å². The number of alkyl halides is 6. The van der Waals surface area contributed by atoms with E-state index in [1.165, 1.54) is 6.92 Å². The molecule has 116 valence electrons. The Labute approximate surface area is 114 Å². The molecule has 9 heteroatoms. The molecule has 1 aromatic rings. The van der Waals surface area contributed by atoms with E-state index in [4.69, 9.17) is 0 Å². The molecule has 0 aliphatic carbocycles. The summed E-state index contributed by atoms with van der Waals surface area (Å²) < 4.78 is 80.6. The number of benzene rings is 1. The van der Waals surface area contributed by atoms with Gasteiger partial charge in [0.1, 0.15) is 0 Å². The fourth-order valence-electron chi connectivity index (χ4n) is 1.57. The second-order valence-electron chi connectivity index (χ2n) is 3.82. The minimum atomic E-state index is -5.20. The normalized spacial score (nSPS) is 12.1. The van der Waals surface area contributed by atoms with Gasteiger partial charge in [-0.15, -0.1) is 0 Å². The molecule has 1 rings (SSSR count). The molecule has 0 aromatic heterocycles. The summed E-state index contributed by atoms with van der Waals surface area (Å²) in [6.07, 6.45) is -10.6. The standard InChI is InChI=1S/C12H8F6O3/c1-2-21-10(20)7-3-6(5-19)8(11(13,14)15)4-9(7)12(16,17)18/h3-5H,2H2,1H3. The van der Waals surface area contributed by atoms with Crippen LogP contribution in [0.15, 0.2) is 12.1 Å². The molecule has 3 nitrogen and oxygen atoms in total. The summed E-state index contributed by atoms with van der Waals surface area (Å²) in [5.41, 5.74) is -5.78. The van der Waals surface area contributed by atoms with Crippen molar-refractivity contribution in [1.82, 2.24) is 0 Å². The summed E-state index contributed by atoms with van der Waals surface area (Å²) in [6.45, 7) is 1.05. The number of ether oxygens (including phenoxy) is 1. The number of carbonyl (C=O) groups excluding carboxylic acids is 2. The molecule has 21 heavy (non-hydrogen) atoms. The smallest absolute Gasteiger partial charge is 0.417 e. The lowest BCUT2D eigenvalue weighted by molar-refractivity contribution is -0.143. The maximum absolute atomic E-state index is 12.8. The Kier molecular flexibility index (Phi) is 4.65.